The monoisotopic (exact) mass is 459 g/mol. The number of benzene rings is 2. The maximum Gasteiger partial charge on any atom is 0.243 e. The van der Waals surface area contributed by atoms with E-state index in [-0.39, 0.29) is 35.4 Å². The summed E-state index contributed by atoms with van der Waals surface area (Å²) >= 11 is 0. The van der Waals surface area contributed by atoms with Crippen LogP contribution < -0.4 is 15.0 Å². The van der Waals surface area contributed by atoms with Crippen LogP contribution in [-0.2, 0) is 19.6 Å². The van der Waals surface area contributed by atoms with Crippen molar-refractivity contribution in [3.63, 3.8) is 0 Å². The SMILES string of the molecule is CCN(CC)S(=O)(=O)c1ccc(OC)c(NC(=O)[C@H]2CC(=O)N(c3ccccc3C)C2)c1. The highest BCUT2D eigenvalue weighted by Crippen LogP contribution is 2.32. The van der Waals surface area contributed by atoms with Gasteiger partial charge in [0.2, 0.25) is 21.8 Å². The van der Waals surface area contributed by atoms with Gasteiger partial charge in [-0.1, -0.05) is 32.0 Å². The van der Waals surface area contributed by atoms with E-state index >= 15 is 0 Å². The van der Waals surface area contributed by atoms with E-state index < -0.39 is 15.9 Å². The second kappa shape index (κ2) is 9.70. The lowest BCUT2D eigenvalue weighted by molar-refractivity contribution is -0.122. The standard InChI is InChI=1S/C23H29N3O5S/c1-5-25(6-2)32(29,30)18-11-12-21(31-4)19(14-18)24-23(28)17-13-22(27)26(15-17)20-10-8-7-9-16(20)3/h7-12,14,17H,5-6,13,15H2,1-4H3,(H,24,28)/t17-/m0/s1. The average molecular weight is 460 g/mol. The molecule has 2 amide bonds. The van der Waals surface area contributed by atoms with Crippen molar-refractivity contribution in [2.24, 2.45) is 5.92 Å². The minimum absolute atomic E-state index is 0.0707. The molecule has 1 aliphatic rings. The summed E-state index contributed by atoms with van der Waals surface area (Å²) in [5.41, 5.74) is 2.00. The lowest BCUT2D eigenvalue weighted by Gasteiger charge is -2.20. The first-order valence-electron chi connectivity index (χ1n) is 10.6. The van der Waals surface area contributed by atoms with Gasteiger partial charge in [-0.2, -0.15) is 4.31 Å². The summed E-state index contributed by atoms with van der Waals surface area (Å²) in [6.07, 6.45) is 0.0833. The molecule has 1 heterocycles. The smallest absolute Gasteiger partial charge is 0.243 e. The number of carbonyl (C=O) groups excluding carboxylic acids is 2. The third-order valence-electron chi connectivity index (χ3n) is 5.67. The topological polar surface area (TPSA) is 96.0 Å². The molecule has 1 aliphatic heterocycles. The van der Waals surface area contributed by atoms with Crippen LogP contribution in [0, 0.1) is 12.8 Å². The number of sulfonamides is 1. The molecule has 3 rings (SSSR count). The zero-order chi connectivity index (χ0) is 23.5. The number of anilines is 2. The Labute approximate surface area is 189 Å². The van der Waals surface area contributed by atoms with Gasteiger partial charge in [0, 0.05) is 31.7 Å². The second-order valence-electron chi connectivity index (χ2n) is 7.63. The molecule has 1 atom stereocenters. The van der Waals surface area contributed by atoms with Gasteiger partial charge < -0.3 is 15.0 Å². The number of amides is 2. The van der Waals surface area contributed by atoms with E-state index in [0.29, 0.717) is 18.8 Å². The molecule has 0 aromatic heterocycles. The molecule has 2 aromatic carbocycles. The largest absolute Gasteiger partial charge is 0.495 e. The number of para-hydroxylation sites is 1. The number of hydrogen-bond donors (Lipinski definition) is 1. The molecule has 2 aromatic rings. The summed E-state index contributed by atoms with van der Waals surface area (Å²) in [7, 11) is -2.25. The van der Waals surface area contributed by atoms with Crippen molar-refractivity contribution in [1.82, 2.24) is 4.31 Å². The zero-order valence-electron chi connectivity index (χ0n) is 18.8. The molecule has 32 heavy (non-hydrogen) atoms. The highest BCUT2D eigenvalue weighted by Gasteiger charge is 2.36. The third-order valence-corrected chi connectivity index (χ3v) is 7.72. The van der Waals surface area contributed by atoms with E-state index in [1.807, 2.05) is 31.2 Å². The number of methoxy groups -OCH3 is 1. The predicted octanol–water partition coefficient (Wildman–Crippen LogP) is 3.03. The van der Waals surface area contributed by atoms with Crippen molar-refractivity contribution < 1.29 is 22.7 Å². The number of rotatable bonds is 8. The maximum atomic E-state index is 13.0. The lowest BCUT2D eigenvalue weighted by Crippen LogP contribution is -2.31. The lowest BCUT2D eigenvalue weighted by atomic mass is 10.1. The molecule has 0 bridgehead atoms. The molecular weight excluding hydrogens is 430 g/mol. The first kappa shape index (κ1) is 23.7. The molecule has 0 radical (unpaired) electrons. The summed E-state index contributed by atoms with van der Waals surface area (Å²) in [6, 6.07) is 11.9. The fourth-order valence-electron chi connectivity index (χ4n) is 3.87. The van der Waals surface area contributed by atoms with Crippen LogP contribution in [0.15, 0.2) is 47.4 Å². The molecule has 0 aliphatic carbocycles. The van der Waals surface area contributed by atoms with Gasteiger partial charge in [0.25, 0.3) is 0 Å². The number of ether oxygens (including phenoxy) is 1. The number of nitrogens with zero attached hydrogens (tertiary/aromatic N) is 2. The Morgan fingerprint density at radius 2 is 1.88 bits per heavy atom. The van der Waals surface area contributed by atoms with E-state index in [1.165, 1.54) is 29.6 Å². The van der Waals surface area contributed by atoms with E-state index in [2.05, 4.69) is 5.32 Å². The molecular formula is C23H29N3O5S. The summed E-state index contributed by atoms with van der Waals surface area (Å²) in [4.78, 5) is 27.3. The Kier molecular flexibility index (Phi) is 7.20. The number of aryl methyl sites for hydroxylation is 1. The highest BCUT2D eigenvalue weighted by molar-refractivity contribution is 7.89. The predicted molar refractivity (Wildman–Crippen MR) is 123 cm³/mol. The molecule has 1 saturated heterocycles. The van der Waals surface area contributed by atoms with Gasteiger partial charge in [-0.3, -0.25) is 9.59 Å². The number of hydrogen-bond acceptors (Lipinski definition) is 5. The van der Waals surface area contributed by atoms with E-state index in [4.69, 9.17) is 4.74 Å². The molecule has 1 fully saturated rings. The molecule has 0 saturated carbocycles. The van der Waals surface area contributed by atoms with Gasteiger partial charge in [0.15, 0.2) is 0 Å². The maximum absolute atomic E-state index is 13.0. The molecule has 0 spiro atoms. The van der Waals surface area contributed by atoms with Crippen LogP contribution in [0.4, 0.5) is 11.4 Å². The van der Waals surface area contributed by atoms with E-state index in [0.717, 1.165) is 11.3 Å². The van der Waals surface area contributed by atoms with Crippen molar-refractivity contribution in [2.45, 2.75) is 32.1 Å². The minimum atomic E-state index is -3.70. The van der Waals surface area contributed by atoms with E-state index in [9.17, 15) is 18.0 Å². The fraction of sp³-hybridized carbons (Fsp3) is 0.391. The van der Waals surface area contributed by atoms with E-state index in [1.54, 1.807) is 18.7 Å². The molecule has 172 valence electrons. The van der Waals surface area contributed by atoms with Crippen molar-refractivity contribution in [2.75, 3.05) is 37.0 Å². The van der Waals surface area contributed by atoms with Crippen molar-refractivity contribution in [3.05, 3.63) is 48.0 Å². The van der Waals surface area contributed by atoms with Gasteiger partial charge in [-0.15, -0.1) is 0 Å². The third kappa shape index (κ3) is 4.63. The van der Waals surface area contributed by atoms with Crippen molar-refractivity contribution in [1.29, 1.82) is 0 Å². The normalized spacial score (nSPS) is 16.5. The summed E-state index contributed by atoms with van der Waals surface area (Å²) in [6.45, 7) is 6.39. The van der Waals surface area contributed by atoms with Gasteiger partial charge in [0.1, 0.15) is 5.75 Å². The highest BCUT2D eigenvalue weighted by atomic mass is 32.2. The van der Waals surface area contributed by atoms with Crippen molar-refractivity contribution in [3.8, 4) is 5.75 Å². The quantitative estimate of drug-likeness (QED) is 0.655. The second-order valence-corrected chi connectivity index (χ2v) is 9.57. The fourth-order valence-corrected chi connectivity index (χ4v) is 5.36. The Morgan fingerprint density at radius 3 is 2.50 bits per heavy atom. The summed E-state index contributed by atoms with van der Waals surface area (Å²) in [5, 5.41) is 2.77. The first-order valence-corrected chi connectivity index (χ1v) is 12.0. The number of nitrogens with one attached hydrogen (secondary N) is 1. The van der Waals surface area contributed by atoms with Crippen LogP contribution in [0.5, 0.6) is 5.75 Å². The van der Waals surface area contributed by atoms with Crippen LogP contribution in [0.25, 0.3) is 0 Å². The van der Waals surface area contributed by atoms with Crippen LogP contribution in [0.3, 0.4) is 0 Å². The van der Waals surface area contributed by atoms with Gasteiger partial charge in [0.05, 0.1) is 23.6 Å². The van der Waals surface area contributed by atoms with Crippen LogP contribution >= 0.6 is 0 Å². The zero-order valence-corrected chi connectivity index (χ0v) is 19.6. The van der Waals surface area contributed by atoms with Gasteiger partial charge in [-0.05, 0) is 36.8 Å². The van der Waals surface area contributed by atoms with Crippen LogP contribution in [0.2, 0.25) is 0 Å². The Balaban J connectivity index is 1.83. The summed E-state index contributed by atoms with van der Waals surface area (Å²) < 4.78 is 32.4. The van der Waals surface area contributed by atoms with Crippen molar-refractivity contribution >= 4 is 33.2 Å². The Bertz CT molecular complexity index is 1110. The van der Waals surface area contributed by atoms with Crippen LogP contribution in [0.1, 0.15) is 25.8 Å². The summed E-state index contributed by atoms with van der Waals surface area (Å²) in [5.74, 6) is -0.693. The minimum Gasteiger partial charge on any atom is -0.495 e. The Morgan fingerprint density at radius 1 is 1.19 bits per heavy atom. The average Bonchev–Trinajstić information content (AvgIpc) is 3.16. The molecule has 0 unspecified atom stereocenters. The van der Waals surface area contributed by atoms with Gasteiger partial charge >= 0.3 is 0 Å². The number of carbonyl (C=O) groups is 2. The Hall–Kier alpha value is -2.91. The first-order chi connectivity index (χ1) is 15.2. The molecule has 9 heteroatoms. The molecule has 8 nitrogen and oxygen atoms in total. The van der Waals surface area contributed by atoms with Gasteiger partial charge in [-0.25, -0.2) is 8.42 Å². The van der Waals surface area contributed by atoms with Crippen LogP contribution in [-0.4, -0.2) is 51.3 Å². The molecule has 1 N–H and O–H groups in total.